The highest BCUT2D eigenvalue weighted by Gasteiger charge is 2.29. The molecule has 6 nitrogen and oxygen atoms in total. The summed E-state index contributed by atoms with van der Waals surface area (Å²) in [6, 6.07) is 0.272. The summed E-state index contributed by atoms with van der Waals surface area (Å²) in [5.41, 5.74) is 0. The Bertz CT molecular complexity index is 424. The number of hydrogen-bond donors (Lipinski definition) is 1. The van der Waals surface area contributed by atoms with Crippen molar-refractivity contribution in [2.45, 2.75) is 45.1 Å². The second-order valence-electron chi connectivity index (χ2n) is 5.63. The normalized spacial score (nSPS) is 22.1. The average molecular weight is 303 g/mol. The van der Waals surface area contributed by atoms with Gasteiger partial charge < -0.3 is 10.2 Å². The van der Waals surface area contributed by atoms with Crippen LogP contribution in [0.2, 0.25) is 0 Å². The fourth-order valence-corrected chi connectivity index (χ4v) is 4.39. The molecule has 1 aliphatic heterocycles. The molecule has 2 aliphatic rings. The van der Waals surface area contributed by atoms with Crippen molar-refractivity contribution < 1.29 is 13.2 Å². The van der Waals surface area contributed by atoms with Gasteiger partial charge in [0.25, 0.3) is 0 Å². The summed E-state index contributed by atoms with van der Waals surface area (Å²) in [7, 11) is -3.13. The minimum absolute atomic E-state index is 0.0376. The molecule has 1 saturated carbocycles. The van der Waals surface area contributed by atoms with Crippen molar-refractivity contribution in [1.29, 1.82) is 0 Å². The number of sulfonamides is 1. The van der Waals surface area contributed by atoms with Crippen LogP contribution in [0.15, 0.2) is 0 Å². The van der Waals surface area contributed by atoms with Crippen molar-refractivity contribution in [2.24, 2.45) is 0 Å². The fraction of sp³-hybridized carbons (Fsp3) is 0.923. The lowest BCUT2D eigenvalue weighted by Gasteiger charge is -2.34. The lowest BCUT2D eigenvalue weighted by molar-refractivity contribution is 0.169. The average Bonchev–Trinajstić information content (AvgIpc) is 2.91. The Labute approximate surface area is 121 Å². The van der Waals surface area contributed by atoms with Crippen LogP contribution < -0.4 is 5.32 Å². The van der Waals surface area contributed by atoms with Gasteiger partial charge in [-0.05, 0) is 19.3 Å². The van der Waals surface area contributed by atoms with Crippen LogP contribution in [0.3, 0.4) is 0 Å². The molecule has 0 bridgehead atoms. The summed E-state index contributed by atoms with van der Waals surface area (Å²) in [6.45, 7) is 3.67. The maximum absolute atomic E-state index is 12.1. The molecule has 0 radical (unpaired) electrons. The van der Waals surface area contributed by atoms with Crippen molar-refractivity contribution in [3.05, 3.63) is 0 Å². The van der Waals surface area contributed by atoms with Crippen LogP contribution in [0, 0.1) is 0 Å². The monoisotopic (exact) mass is 303 g/mol. The molecule has 2 rings (SSSR count). The first-order valence-corrected chi connectivity index (χ1v) is 9.17. The molecule has 2 fully saturated rings. The highest BCUT2D eigenvalue weighted by atomic mass is 32.2. The predicted molar refractivity (Wildman–Crippen MR) is 78.0 cm³/mol. The highest BCUT2D eigenvalue weighted by molar-refractivity contribution is 7.89. The zero-order valence-corrected chi connectivity index (χ0v) is 13.0. The molecule has 1 saturated heterocycles. The molecule has 1 N–H and O–H groups in total. The van der Waals surface area contributed by atoms with Crippen molar-refractivity contribution >= 4 is 16.1 Å². The van der Waals surface area contributed by atoms with Crippen molar-refractivity contribution in [3.8, 4) is 0 Å². The molecule has 0 unspecified atom stereocenters. The minimum atomic E-state index is -3.13. The van der Waals surface area contributed by atoms with Crippen LogP contribution in [0.25, 0.3) is 0 Å². The highest BCUT2D eigenvalue weighted by Crippen LogP contribution is 2.18. The van der Waals surface area contributed by atoms with Gasteiger partial charge in [-0.3, -0.25) is 0 Å². The van der Waals surface area contributed by atoms with E-state index in [-0.39, 0.29) is 11.8 Å². The first-order valence-electron chi connectivity index (χ1n) is 7.56. The van der Waals surface area contributed by atoms with E-state index in [0.717, 1.165) is 12.8 Å². The van der Waals surface area contributed by atoms with E-state index in [1.54, 1.807) is 4.90 Å². The number of nitrogens with zero attached hydrogens (tertiary/aromatic N) is 2. The maximum Gasteiger partial charge on any atom is 0.317 e. The van der Waals surface area contributed by atoms with E-state index in [1.165, 1.54) is 17.1 Å². The number of urea groups is 1. The van der Waals surface area contributed by atoms with Crippen LogP contribution in [-0.4, -0.2) is 61.6 Å². The summed E-state index contributed by atoms with van der Waals surface area (Å²) in [6.07, 6.45) is 5.14. The summed E-state index contributed by atoms with van der Waals surface area (Å²) >= 11 is 0. The SMILES string of the molecule is CCCS(=O)(=O)N1CCN(C(=O)NC2CCCC2)CC1. The Kier molecular flexibility index (Phi) is 5.26. The Balaban J connectivity index is 1.80. The van der Waals surface area contributed by atoms with Gasteiger partial charge in [-0.25, -0.2) is 13.2 Å². The predicted octanol–water partition coefficient (Wildman–Crippen LogP) is 0.996. The zero-order chi connectivity index (χ0) is 14.6. The van der Waals surface area contributed by atoms with Crippen molar-refractivity contribution in [2.75, 3.05) is 31.9 Å². The third-order valence-corrected chi connectivity index (χ3v) is 6.14. The first kappa shape index (κ1) is 15.6. The second kappa shape index (κ2) is 6.76. The zero-order valence-electron chi connectivity index (χ0n) is 12.2. The number of hydrogen-bond acceptors (Lipinski definition) is 3. The summed E-state index contributed by atoms with van der Waals surface area (Å²) in [4.78, 5) is 13.8. The molecule has 20 heavy (non-hydrogen) atoms. The van der Waals surface area contributed by atoms with Crippen LogP contribution in [0.4, 0.5) is 4.79 Å². The van der Waals surface area contributed by atoms with Crippen LogP contribution in [-0.2, 0) is 10.0 Å². The van der Waals surface area contributed by atoms with Crippen LogP contribution in [0.1, 0.15) is 39.0 Å². The summed E-state index contributed by atoms with van der Waals surface area (Å²) < 4.78 is 25.4. The molecule has 2 amide bonds. The van der Waals surface area contributed by atoms with E-state index >= 15 is 0 Å². The van der Waals surface area contributed by atoms with Crippen LogP contribution in [0.5, 0.6) is 0 Å². The number of piperazine rings is 1. The van der Waals surface area contributed by atoms with E-state index in [9.17, 15) is 13.2 Å². The standard InChI is InChI=1S/C13H25N3O3S/c1-2-11-20(18,19)16-9-7-15(8-10-16)13(17)14-12-5-3-4-6-12/h12H,2-11H2,1H3,(H,14,17). The molecule has 0 atom stereocenters. The summed E-state index contributed by atoms with van der Waals surface area (Å²) in [5, 5.41) is 3.05. The number of amides is 2. The lowest BCUT2D eigenvalue weighted by Crippen LogP contribution is -2.54. The maximum atomic E-state index is 12.1. The Morgan fingerprint density at radius 3 is 2.30 bits per heavy atom. The molecule has 0 aromatic rings. The van der Waals surface area contributed by atoms with Gasteiger partial charge >= 0.3 is 6.03 Å². The van der Waals surface area contributed by atoms with Crippen molar-refractivity contribution in [3.63, 3.8) is 0 Å². The number of nitrogens with one attached hydrogen (secondary N) is 1. The van der Waals surface area contributed by atoms with Gasteiger partial charge in [0.2, 0.25) is 10.0 Å². The van der Waals surface area contributed by atoms with Gasteiger partial charge in [0, 0.05) is 32.2 Å². The largest absolute Gasteiger partial charge is 0.335 e. The van der Waals surface area contributed by atoms with Gasteiger partial charge in [0.05, 0.1) is 5.75 Å². The molecular weight excluding hydrogens is 278 g/mol. The van der Waals surface area contributed by atoms with Gasteiger partial charge in [-0.15, -0.1) is 0 Å². The molecule has 0 aromatic heterocycles. The second-order valence-corrected chi connectivity index (χ2v) is 7.72. The van der Waals surface area contributed by atoms with E-state index in [2.05, 4.69) is 5.32 Å². The first-order chi connectivity index (χ1) is 9.53. The Hall–Kier alpha value is -0.820. The third kappa shape index (κ3) is 3.85. The van der Waals surface area contributed by atoms with Gasteiger partial charge in [0.15, 0.2) is 0 Å². The number of rotatable bonds is 4. The third-order valence-electron chi connectivity index (χ3n) is 4.06. The van der Waals surface area contributed by atoms with Gasteiger partial charge in [-0.1, -0.05) is 19.8 Å². The molecule has 7 heteroatoms. The summed E-state index contributed by atoms with van der Waals surface area (Å²) in [5.74, 6) is 0.196. The Morgan fingerprint density at radius 1 is 1.15 bits per heavy atom. The molecule has 116 valence electrons. The quantitative estimate of drug-likeness (QED) is 0.842. The van der Waals surface area contributed by atoms with E-state index in [4.69, 9.17) is 0 Å². The van der Waals surface area contributed by atoms with Crippen LogP contribution >= 0.6 is 0 Å². The molecule has 1 heterocycles. The van der Waals surface area contributed by atoms with E-state index in [0.29, 0.717) is 38.6 Å². The number of carbonyl (C=O) groups is 1. The van der Waals surface area contributed by atoms with Gasteiger partial charge in [0.1, 0.15) is 0 Å². The topological polar surface area (TPSA) is 69.7 Å². The lowest BCUT2D eigenvalue weighted by atomic mass is 10.2. The molecule has 0 aromatic carbocycles. The van der Waals surface area contributed by atoms with Gasteiger partial charge in [-0.2, -0.15) is 4.31 Å². The molecule has 1 aliphatic carbocycles. The molecule has 0 spiro atoms. The van der Waals surface area contributed by atoms with E-state index in [1.807, 2.05) is 6.92 Å². The van der Waals surface area contributed by atoms with Crippen molar-refractivity contribution in [1.82, 2.24) is 14.5 Å². The fourth-order valence-electron chi connectivity index (χ4n) is 2.89. The smallest absolute Gasteiger partial charge is 0.317 e. The van der Waals surface area contributed by atoms with E-state index < -0.39 is 10.0 Å². The Morgan fingerprint density at radius 2 is 1.75 bits per heavy atom. The minimum Gasteiger partial charge on any atom is -0.335 e. The number of carbonyl (C=O) groups excluding carboxylic acids is 1. The molecular formula is C13H25N3O3S.